The van der Waals surface area contributed by atoms with Crippen LogP contribution in [0.5, 0.6) is 0 Å². The molecule has 144 valence electrons. The number of benzene rings is 2. The zero-order valence-corrected chi connectivity index (χ0v) is 16.1. The van der Waals surface area contributed by atoms with Gasteiger partial charge in [0.2, 0.25) is 11.8 Å². The van der Waals surface area contributed by atoms with E-state index in [1.165, 1.54) is 5.39 Å². The Morgan fingerprint density at radius 3 is 2.61 bits per heavy atom. The smallest absolute Gasteiger partial charge is 0.227 e. The highest BCUT2D eigenvalue weighted by Gasteiger charge is 2.26. The van der Waals surface area contributed by atoms with Crippen molar-refractivity contribution in [3.8, 4) is 11.3 Å². The number of para-hydroxylation sites is 1. The lowest BCUT2D eigenvalue weighted by Gasteiger charge is -2.31. The Hall–Kier alpha value is -3.08. The summed E-state index contributed by atoms with van der Waals surface area (Å²) >= 11 is 0. The Bertz CT molecular complexity index is 967. The lowest BCUT2D eigenvalue weighted by molar-refractivity contribution is -0.134. The van der Waals surface area contributed by atoms with Gasteiger partial charge in [-0.25, -0.2) is 0 Å². The van der Waals surface area contributed by atoms with Crippen molar-refractivity contribution in [3.05, 3.63) is 54.6 Å². The fraction of sp³-hybridized carbons (Fsp3) is 0.304. The standard InChI is InChI=1S/C23H25N3O2/c1-2-22(27)26-12-10-16(11-13-26)23(28)24-19-8-5-7-17(14-19)21-15-18-6-3-4-9-20(18)25-21/h3-9,14-16,25H,2,10-13H2,1H3,(H,24,28). The van der Waals surface area contributed by atoms with Crippen molar-refractivity contribution in [2.24, 2.45) is 5.92 Å². The largest absolute Gasteiger partial charge is 0.355 e. The van der Waals surface area contributed by atoms with Crippen molar-refractivity contribution in [1.29, 1.82) is 0 Å². The van der Waals surface area contributed by atoms with Gasteiger partial charge in [-0.3, -0.25) is 9.59 Å². The number of likely N-dealkylation sites (tertiary alicyclic amines) is 1. The van der Waals surface area contributed by atoms with Crippen LogP contribution in [0.2, 0.25) is 0 Å². The molecule has 28 heavy (non-hydrogen) atoms. The topological polar surface area (TPSA) is 65.2 Å². The number of anilines is 1. The number of H-pyrrole nitrogens is 1. The van der Waals surface area contributed by atoms with Crippen molar-refractivity contribution in [1.82, 2.24) is 9.88 Å². The number of fused-ring (bicyclic) bond motifs is 1. The minimum atomic E-state index is -0.0439. The van der Waals surface area contributed by atoms with Crippen LogP contribution >= 0.6 is 0 Å². The molecule has 0 spiro atoms. The quantitative estimate of drug-likeness (QED) is 0.709. The van der Waals surface area contributed by atoms with E-state index in [4.69, 9.17) is 0 Å². The van der Waals surface area contributed by atoms with Gasteiger partial charge in [-0.2, -0.15) is 0 Å². The molecule has 2 aromatic carbocycles. The second kappa shape index (κ2) is 7.89. The molecule has 1 aliphatic rings. The number of amides is 2. The molecule has 2 N–H and O–H groups in total. The highest BCUT2D eigenvalue weighted by molar-refractivity contribution is 5.94. The van der Waals surface area contributed by atoms with E-state index in [-0.39, 0.29) is 17.7 Å². The molecule has 4 rings (SSSR count). The predicted octanol–water partition coefficient (Wildman–Crippen LogP) is 4.42. The summed E-state index contributed by atoms with van der Waals surface area (Å²) in [5.41, 5.74) is 3.97. The number of aromatic amines is 1. The van der Waals surface area contributed by atoms with E-state index in [9.17, 15) is 9.59 Å². The monoisotopic (exact) mass is 375 g/mol. The number of aromatic nitrogens is 1. The van der Waals surface area contributed by atoms with Gasteiger partial charge >= 0.3 is 0 Å². The number of carbonyl (C=O) groups excluding carboxylic acids is 2. The van der Waals surface area contributed by atoms with Crippen molar-refractivity contribution in [2.45, 2.75) is 26.2 Å². The van der Waals surface area contributed by atoms with Crippen molar-refractivity contribution in [3.63, 3.8) is 0 Å². The Balaban J connectivity index is 1.43. The molecule has 5 nitrogen and oxygen atoms in total. The molecule has 0 bridgehead atoms. The number of rotatable bonds is 4. The summed E-state index contributed by atoms with van der Waals surface area (Å²) in [4.78, 5) is 29.8. The summed E-state index contributed by atoms with van der Waals surface area (Å²) in [7, 11) is 0. The summed E-state index contributed by atoms with van der Waals surface area (Å²) < 4.78 is 0. The molecule has 1 aromatic heterocycles. The van der Waals surface area contributed by atoms with Crippen LogP contribution in [0.1, 0.15) is 26.2 Å². The lowest BCUT2D eigenvalue weighted by atomic mass is 9.95. The Labute approximate surface area is 164 Å². The third-order valence-corrected chi connectivity index (χ3v) is 5.49. The molecule has 2 amide bonds. The number of nitrogens with zero attached hydrogens (tertiary/aromatic N) is 1. The lowest BCUT2D eigenvalue weighted by Crippen LogP contribution is -2.41. The van der Waals surface area contributed by atoms with Gasteiger partial charge in [-0.1, -0.05) is 37.3 Å². The van der Waals surface area contributed by atoms with E-state index in [0.717, 1.165) is 35.3 Å². The van der Waals surface area contributed by atoms with Crippen molar-refractivity contribution in [2.75, 3.05) is 18.4 Å². The summed E-state index contributed by atoms with van der Waals surface area (Å²) in [6, 6.07) is 18.2. The van der Waals surface area contributed by atoms with Crippen LogP contribution < -0.4 is 5.32 Å². The maximum atomic E-state index is 12.7. The molecule has 1 fully saturated rings. The average Bonchev–Trinajstić information content (AvgIpc) is 3.18. The van der Waals surface area contributed by atoms with Crippen LogP contribution in [0.3, 0.4) is 0 Å². The van der Waals surface area contributed by atoms with Crippen LogP contribution in [0.4, 0.5) is 5.69 Å². The van der Waals surface area contributed by atoms with Crippen molar-refractivity contribution >= 4 is 28.4 Å². The summed E-state index contributed by atoms with van der Waals surface area (Å²) in [6.07, 6.45) is 1.97. The first-order chi connectivity index (χ1) is 13.6. The molecule has 1 saturated heterocycles. The van der Waals surface area contributed by atoms with Crippen LogP contribution in [0.25, 0.3) is 22.2 Å². The van der Waals surface area contributed by atoms with E-state index in [2.05, 4.69) is 28.5 Å². The first kappa shape index (κ1) is 18.3. The molecular weight excluding hydrogens is 350 g/mol. The van der Waals surface area contributed by atoms with Gasteiger partial charge in [0, 0.05) is 53.3 Å². The summed E-state index contributed by atoms with van der Waals surface area (Å²) in [5.74, 6) is 0.167. The number of carbonyl (C=O) groups is 2. The van der Waals surface area contributed by atoms with Crippen molar-refractivity contribution < 1.29 is 9.59 Å². The number of hydrogen-bond donors (Lipinski definition) is 2. The van der Waals surface area contributed by atoms with E-state index in [0.29, 0.717) is 19.5 Å². The Kier molecular flexibility index (Phi) is 5.15. The van der Waals surface area contributed by atoms with Gasteiger partial charge in [-0.05, 0) is 37.1 Å². The maximum Gasteiger partial charge on any atom is 0.227 e. The minimum absolute atomic E-state index is 0.0393. The highest BCUT2D eigenvalue weighted by atomic mass is 16.2. The highest BCUT2D eigenvalue weighted by Crippen LogP contribution is 2.27. The Morgan fingerprint density at radius 2 is 1.86 bits per heavy atom. The van der Waals surface area contributed by atoms with E-state index >= 15 is 0 Å². The molecule has 0 unspecified atom stereocenters. The molecule has 0 saturated carbocycles. The Morgan fingerprint density at radius 1 is 1.07 bits per heavy atom. The first-order valence-electron chi connectivity index (χ1n) is 9.91. The van der Waals surface area contributed by atoms with Gasteiger partial charge in [0.15, 0.2) is 0 Å². The van der Waals surface area contributed by atoms with E-state index in [1.54, 1.807) is 0 Å². The predicted molar refractivity (Wildman–Crippen MR) is 112 cm³/mol. The van der Waals surface area contributed by atoms with E-state index in [1.807, 2.05) is 48.2 Å². The van der Waals surface area contributed by atoms with Gasteiger partial charge in [-0.15, -0.1) is 0 Å². The molecule has 2 heterocycles. The molecule has 0 radical (unpaired) electrons. The number of hydrogen-bond acceptors (Lipinski definition) is 2. The fourth-order valence-electron chi connectivity index (χ4n) is 3.85. The number of piperidine rings is 1. The number of nitrogens with one attached hydrogen (secondary N) is 2. The average molecular weight is 375 g/mol. The zero-order valence-electron chi connectivity index (χ0n) is 16.1. The molecule has 1 aliphatic heterocycles. The molecule has 5 heteroatoms. The van der Waals surface area contributed by atoms with Crippen LogP contribution in [-0.2, 0) is 9.59 Å². The van der Waals surface area contributed by atoms with Gasteiger partial charge in [0.05, 0.1) is 0 Å². The molecular formula is C23H25N3O2. The van der Waals surface area contributed by atoms with Crippen LogP contribution in [-0.4, -0.2) is 34.8 Å². The molecule has 0 atom stereocenters. The van der Waals surface area contributed by atoms with Crippen LogP contribution in [0.15, 0.2) is 54.6 Å². The van der Waals surface area contributed by atoms with Gasteiger partial charge < -0.3 is 15.2 Å². The second-order valence-corrected chi connectivity index (χ2v) is 7.35. The normalized spacial score (nSPS) is 15.0. The maximum absolute atomic E-state index is 12.7. The summed E-state index contributed by atoms with van der Waals surface area (Å²) in [5, 5.41) is 4.22. The molecule has 0 aliphatic carbocycles. The fourth-order valence-corrected chi connectivity index (χ4v) is 3.85. The summed E-state index contributed by atoms with van der Waals surface area (Å²) in [6.45, 7) is 3.21. The third kappa shape index (κ3) is 3.79. The minimum Gasteiger partial charge on any atom is -0.355 e. The third-order valence-electron chi connectivity index (χ3n) is 5.49. The van der Waals surface area contributed by atoms with Gasteiger partial charge in [0.25, 0.3) is 0 Å². The van der Waals surface area contributed by atoms with Gasteiger partial charge in [0.1, 0.15) is 0 Å². The van der Waals surface area contributed by atoms with E-state index < -0.39 is 0 Å². The molecule has 3 aromatic rings. The first-order valence-corrected chi connectivity index (χ1v) is 9.91. The SMILES string of the molecule is CCC(=O)N1CCC(C(=O)Nc2cccc(-c3cc4ccccc4[nH]3)c2)CC1. The van der Waals surface area contributed by atoms with Crippen LogP contribution in [0, 0.1) is 5.92 Å². The second-order valence-electron chi connectivity index (χ2n) is 7.35. The zero-order chi connectivity index (χ0) is 19.5.